The lowest BCUT2D eigenvalue weighted by Crippen LogP contribution is -2.46. The first kappa shape index (κ1) is 13.9. The third kappa shape index (κ3) is 3.70. The fraction of sp³-hybridized carbons (Fsp3) is 0.533. The molecular formula is C15H22N2O2. The summed E-state index contributed by atoms with van der Waals surface area (Å²) < 4.78 is 5.20. The Bertz CT molecular complexity index is 428. The number of amides is 1. The van der Waals surface area contributed by atoms with Crippen molar-refractivity contribution < 1.29 is 9.53 Å². The summed E-state index contributed by atoms with van der Waals surface area (Å²) >= 11 is 0. The number of methoxy groups -OCH3 is 1. The van der Waals surface area contributed by atoms with Crippen molar-refractivity contribution in [3.63, 3.8) is 0 Å². The average Bonchev–Trinajstić information content (AvgIpc) is 2.47. The molecule has 1 aliphatic rings. The largest absolute Gasteiger partial charge is 0.497 e. The predicted octanol–water partition coefficient (Wildman–Crippen LogP) is 1.80. The molecule has 1 saturated heterocycles. The van der Waals surface area contributed by atoms with Crippen molar-refractivity contribution in [3.05, 3.63) is 29.8 Å². The number of hydrogen-bond acceptors (Lipinski definition) is 3. The molecule has 1 N–H and O–H groups in total. The van der Waals surface area contributed by atoms with E-state index in [0.717, 1.165) is 30.7 Å². The van der Waals surface area contributed by atoms with Gasteiger partial charge in [-0.05, 0) is 37.1 Å². The SMILES string of the molecule is COc1cccc(CN(C)C(=O)[C@H]2CCCCN2)c1. The van der Waals surface area contributed by atoms with Gasteiger partial charge in [-0.3, -0.25) is 4.79 Å². The minimum atomic E-state index is -0.00985. The van der Waals surface area contributed by atoms with Crippen molar-refractivity contribution in [2.24, 2.45) is 0 Å². The molecule has 0 aromatic heterocycles. The number of nitrogens with one attached hydrogen (secondary N) is 1. The number of rotatable bonds is 4. The van der Waals surface area contributed by atoms with Gasteiger partial charge in [-0.1, -0.05) is 18.6 Å². The molecule has 0 bridgehead atoms. The van der Waals surface area contributed by atoms with Gasteiger partial charge in [-0.15, -0.1) is 0 Å². The lowest BCUT2D eigenvalue weighted by atomic mass is 10.0. The molecule has 1 fully saturated rings. The Hall–Kier alpha value is -1.55. The van der Waals surface area contributed by atoms with E-state index in [9.17, 15) is 4.79 Å². The maximum absolute atomic E-state index is 12.3. The van der Waals surface area contributed by atoms with Crippen LogP contribution in [-0.4, -0.2) is 37.6 Å². The number of carbonyl (C=O) groups is 1. The summed E-state index contributed by atoms with van der Waals surface area (Å²) in [4.78, 5) is 14.1. The molecule has 1 aromatic rings. The van der Waals surface area contributed by atoms with E-state index in [2.05, 4.69) is 5.32 Å². The normalized spacial score (nSPS) is 18.9. The monoisotopic (exact) mass is 262 g/mol. The summed E-state index contributed by atoms with van der Waals surface area (Å²) in [6.07, 6.45) is 3.25. The van der Waals surface area contributed by atoms with Crippen molar-refractivity contribution in [1.29, 1.82) is 0 Å². The molecule has 0 unspecified atom stereocenters. The minimum Gasteiger partial charge on any atom is -0.497 e. The zero-order valence-corrected chi connectivity index (χ0v) is 11.7. The van der Waals surface area contributed by atoms with Gasteiger partial charge in [0.25, 0.3) is 0 Å². The van der Waals surface area contributed by atoms with Gasteiger partial charge in [0.1, 0.15) is 5.75 Å². The van der Waals surface area contributed by atoms with E-state index in [0.29, 0.717) is 6.54 Å². The number of piperidine rings is 1. The van der Waals surface area contributed by atoms with Gasteiger partial charge in [-0.2, -0.15) is 0 Å². The van der Waals surface area contributed by atoms with Crippen molar-refractivity contribution in [2.75, 3.05) is 20.7 Å². The maximum Gasteiger partial charge on any atom is 0.239 e. The summed E-state index contributed by atoms with van der Waals surface area (Å²) in [6, 6.07) is 7.84. The molecule has 1 amide bonds. The molecule has 2 rings (SSSR count). The van der Waals surface area contributed by atoms with Gasteiger partial charge in [0.05, 0.1) is 13.2 Å². The zero-order chi connectivity index (χ0) is 13.7. The Morgan fingerprint density at radius 1 is 1.47 bits per heavy atom. The average molecular weight is 262 g/mol. The number of nitrogens with zero attached hydrogens (tertiary/aromatic N) is 1. The van der Waals surface area contributed by atoms with Crippen LogP contribution in [-0.2, 0) is 11.3 Å². The molecule has 1 heterocycles. The quantitative estimate of drug-likeness (QED) is 0.899. The van der Waals surface area contributed by atoms with Gasteiger partial charge in [0.15, 0.2) is 0 Å². The molecule has 1 aromatic carbocycles. The lowest BCUT2D eigenvalue weighted by Gasteiger charge is -2.27. The van der Waals surface area contributed by atoms with Crippen LogP contribution in [0.5, 0.6) is 5.75 Å². The molecule has 4 nitrogen and oxygen atoms in total. The Morgan fingerprint density at radius 3 is 3.00 bits per heavy atom. The van der Waals surface area contributed by atoms with Gasteiger partial charge in [0.2, 0.25) is 5.91 Å². The smallest absolute Gasteiger partial charge is 0.239 e. The highest BCUT2D eigenvalue weighted by Crippen LogP contribution is 2.15. The van der Waals surface area contributed by atoms with Gasteiger partial charge >= 0.3 is 0 Å². The summed E-state index contributed by atoms with van der Waals surface area (Å²) in [7, 11) is 3.51. The van der Waals surface area contributed by atoms with Gasteiger partial charge in [-0.25, -0.2) is 0 Å². The van der Waals surface area contributed by atoms with Crippen molar-refractivity contribution in [2.45, 2.75) is 31.8 Å². The molecule has 0 aliphatic carbocycles. The van der Waals surface area contributed by atoms with Crippen molar-refractivity contribution >= 4 is 5.91 Å². The number of likely N-dealkylation sites (N-methyl/N-ethyl adjacent to an activating group) is 1. The fourth-order valence-corrected chi connectivity index (χ4v) is 2.45. The second kappa shape index (κ2) is 6.57. The molecule has 19 heavy (non-hydrogen) atoms. The third-order valence-corrected chi connectivity index (χ3v) is 3.54. The number of ether oxygens (including phenoxy) is 1. The first-order chi connectivity index (χ1) is 9.20. The number of hydrogen-bond donors (Lipinski definition) is 1. The highest BCUT2D eigenvalue weighted by atomic mass is 16.5. The molecule has 1 aliphatic heterocycles. The minimum absolute atomic E-state index is 0.00985. The molecule has 4 heteroatoms. The van der Waals surface area contributed by atoms with Crippen LogP contribution in [0.25, 0.3) is 0 Å². The molecule has 0 radical (unpaired) electrons. The van der Waals surface area contributed by atoms with Gasteiger partial charge in [0, 0.05) is 13.6 Å². The topological polar surface area (TPSA) is 41.6 Å². The van der Waals surface area contributed by atoms with E-state index in [1.807, 2.05) is 31.3 Å². The molecular weight excluding hydrogens is 240 g/mol. The van der Waals surface area contributed by atoms with Crippen LogP contribution >= 0.6 is 0 Å². The first-order valence-electron chi connectivity index (χ1n) is 6.82. The maximum atomic E-state index is 12.3. The van der Waals surface area contributed by atoms with Crippen molar-refractivity contribution in [3.8, 4) is 5.75 Å². The Labute approximate surface area is 114 Å². The number of carbonyl (C=O) groups excluding carboxylic acids is 1. The summed E-state index contributed by atoms with van der Waals surface area (Å²) in [5.74, 6) is 1.01. The predicted molar refractivity (Wildman–Crippen MR) is 75.1 cm³/mol. The van der Waals surface area contributed by atoms with E-state index in [1.165, 1.54) is 6.42 Å². The van der Waals surface area contributed by atoms with Crippen molar-refractivity contribution in [1.82, 2.24) is 10.2 Å². The van der Waals surface area contributed by atoms with Crippen LogP contribution in [0, 0.1) is 0 Å². The molecule has 1 atom stereocenters. The highest BCUT2D eigenvalue weighted by molar-refractivity contribution is 5.81. The second-order valence-corrected chi connectivity index (χ2v) is 5.05. The number of benzene rings is 1. The molecule has 0 spiro atoms. The van der Waals surface area contributed by atoms with Crippen LogP contribution in [0.1, 0.15) is 24.8 Å². The van der Waals surface area contributed by atoms with Crippen LogP contribution in [0.3, 0.4) is 0 Å². The fourth-order valence-electron chi connectivity index (χ4n) is 2.45. The van der Waals surface area contributed by atoms with Crippen LogP contribution in [0.2, 0.25) is 0 Å². The standard InChI is InChI=1S/C15H22N2O2/c1-17(15(18)14-8-3-4-9-16-14)11-12-6-5-7-13(10-12)19-2/h5-7,10,14,16H,3-4,8-9,11H2,1-2H3/t14-/m1/s1. The Balaban J connectivity index is 1.95. The van der Waals surface area contributed by atoms with Crippen LogP contribution in [0.15, 0.2) is 24.3 Å². The zero-order valence-electron chi connectivity index (χ0n) is 11.7. The summed E-state index contributed by atoms with van der Waals surface area (Å²) in [5, 5.41) is 3.29. The Morgan fingerprint density at radius 2 is 2.32 bits per heavy atom. The van der Waals surface area contributed by atoms with E-state index in [1.54, 1.807) is 12.0 Å². The first-order valence-corrected chi connectivity index (χ1v) is 6.82. The van der Waals surface area contributed by atoms with E-state index in [-0.39, 0.29) is 11.9 Å². The molecule has 0 saturated carbocycles. The van der Waals surface area contributed by atoms with E-state index in [4.69, 9.17) is 4.74 Å². The lowest BCUT2D eigenvalue weighted by molar-refractivity contribution is -0.133. The van der Waals surface area contributed by atoms with Crippen LogP contribution in [0.4, 0.5) is 0 Å². The van der Waals surface area contributed by atoms with Crippen LogP contribution < -0.4 is 10.1 Å². The van der Waals surface area contributed by atoms with E-state index >= 15 is 0 Å². The van der Waals surface area contributed by atoms with Gasteiger partial charge < -0.3 is 15.0 Å². The summed E-state index contributed by atoms with van der Waals surface area (Å²) in [6.45, 7) is 1.57. The van der Waals surface area contributed by atoms with E-state index < -0.39 is 0 Å². The second-order valence-electron chi connectivity index (χ2n) is 5.05. The Kier molecular flexibility index (Phi) is 4.80. The summed E-state index contributed by atoms with van der Waals surface area (Å²) in [5.41, 5.74) is 1.09. The molecule has 104 valence electrons. The highest BCUT2D eigenvalue weighted by Gasteiger charge is 2.23. The third-order valence-electron chi connectivity index (χ3n) is 3.54.